The topological polar surface area (TPSA) is 64.3 Å². The van der Waals surface area contributed by atoms with Crippen LogP contribution in [-0.4, -0.2) is 24.6 Å². The summed E-state index contributed by atoms with van der Waals surface area (Å²) in [6.45, 7) is -0.0383. The molecule has 3 N–H and O–H groups in total. The van der Waals surface area contributed by atoms with Crippen LogP contribution in [0.5, 0.6) is 5.75 Å². The number of halogens is 2. The van der Waals surface area contributed by atoms with E-state index in [1.165, 1.54) is 6.42 Å². The Morgan fingerprint density at radius 2 is 1.96 bits per heavy atom. The summed E-state index contributed by atoms with van der Waals surface area (Å²) in [4.78, 5) is 12.2. The summed E-state index contributed by atoms with van der Waals surface area (Å²) in [6, 6.07) is 5.48. The molecule has 1 aromatic rings. The predicted octanol–water partition coefficient (Wildman–Crippen LogP) is 3.39. The maximum Gasteiger partial charge on any atom is 0.258 e. The van der Waals surface area contributed by atoms with E-state index in [0.29, 0.717) is 27.6 Å². The summed E-state index contributed by atoms with van der Waals surface area (Å²) in [5.74, 6) is 1.37. The van der Waals surface area contributed by atoms with E-state index in [1.807, 2.05) is 0 Å². The molecule has 2 aliphatic rings. The maximum atomic E-state index is 12.2. The number of amides is 1. The summed E-state index contributed by atoms with van der Waals surface area (Å²) in [5.41, 5.74) is 6.12. The minimum atomic E-state index is -0.103. The molecule has 2 aliphatic carbocycles. The quantitative estimate of drug-likeness (QED) is 0.868. The molecule has 4 nitrogen and oxygen atoms in total. The van der Waals surface area contributed by atoms with Gasteiger partial charge in [-0.3, -0.25) is 4.79 Å². The monoisotopic (exact) mass is 356 g/mol. The Labute approximate surface area is 146 Å². The highest BCUT2D eigenvalue weighted by Crippen LogP contribution is 2.39. The van der Waals surface area contributed by atoms with Crippen molar-refractivity contribution >= 4 is 29.1 Å². The third-order valence-electron chi connectivity index (χ3n) is 4.96. The number of carbonyl (C=O) groups excluding carboxylic acids is 1. The third kappa shape index (κ3) is 4.11. The molecule has 23 heavy (non-hydrogen) atoms. The second-order valence-corrected chi connectivity index (χ2v) is 7.48. The Balaban J connectivity index is 1.55. The fourth-order valence-corrected chi connectivity index (χ4v) is 4.45. The number of nitrogens with two attached hydrogens (primary N) is 1. The van der Waals surface area contributed by atoms with Gasteiger partial charge in [-0.15, -0.1) is 0 Å². The Morgan fingerprint density at radius 1 is 1.26 bits per heavy atom. The van der Waals surface area contributed by atoms with Crippen molar-refractivity contribution in [3.8, 4) is 5.75 Å². The van der Waals surface area contributed by atoms with Crippen LogP contribution >= 0.6 is 23.2 Å². The number of carbonyl (C=O) groups is 1. The van der Waals surface area contributed by atoms with Crippen molar-refractivity contribution in [2.24, 2.45) is 17.6 Å². The van der Waals surface area contributed by atoms with Crippen LogP contribution in [0.2, 0.25) is 10.0 Å². The number of fused-ring (bicyclic) bond motifs is 2. The number of ether oxygens (including phenoxy) is 1. The van der Waals surface area contributed by atoms with E-state index in [0.717, 1.165) is 25.7 Å². The molecule has 0 aliphatic heterocycles. The Hall–Kier alpha value is -0.970. The fourth-order valence-electron chi connectivity index (χ4n) is 3.99. The first-order valence-corrected chi connectivity index (χ1v) is 8.91. The normalized spacial score (nSPS) is 29.9. The Morgan fingerprint density at radius 3 is 2.61 bits per heavy atom. The second-order valence-electron chi connectivity index (χ2n) is 6.64. The Kier molecular flexibility index (Phi) is 5.34. The van der Waals surface area contributed by atoms with Gasteiger partial charge in [-0.2, -0.15) is 0 Å². The van der Waals surface area contributed by atoms with Crippen molar-refractivity contribution in [2.75, 3.05) is 6.61 Å². The lowest BCUT2D eigenvalue weighted by Crippen LogP contribution is -2.54. The van der Waals surface area contributed by atoms with Crippen molar-refractivity contribution in [3.63, 3.8) is 0 Å². The van der Waals surface area contributed by atoms with Gasteiger partial charge < -0.3 is 15.8 Å². The van der Waals surface area contributed by atoms with Gasteiger partial charge >= 0.3 is 0 Å². The fraction of sp³-hybridized carbons (Fsp3) is 0.588. The molecular weight excluding hydrogens is 335 g/mol. The molecule has 2 atom stereocenters. The lowest BCUT2D eigenvalue weighted by Gasteiger charge is -2.45. The standard InChI is InChI=1S/C17H22Cl2N2O2/c18-12-4-5-15(14(19)8-12)23-9-16(22)21-17-10-2-1-3-11(17)7-13(20)6-10/h4-5,8,10-11,13,17H,1-3,6-7,9,20H2,(H,21,22). The molecule has 1 amide bonds. The molecule has 0 saturated heterocycles. The van der Waals surface area contributed by atoms with E-state index in [2.05, 4.69) is 5.32 Å². The van der Waals surface area contributed by atoms with E-state index in [9.17, 15) is 4.79 Å². The Bertz CT molecular complexity index is 568. The molecule has 126 valence electrons. The van der Waals surface area contributed by atoms with Crippen molar-refractivity contribution in [3.05, 3.63) is 28.2 Å². The average Bonchev–Trinajstić information content (AvgIpc) is 2.47. The van der Waals surface area contributed by atoms with Crippen molar-refractivity contribution < 1.29 is 9.53 Å². The van der Waals surface area contributed by atoms with Crippen LogP contribution in [0.25, 0.3) is 0 Å². The van der Waals surface area contributed by atoms with Gasteiger partial charge in [0.15, 0.2) is 6.61 Å². The molecule has 2 bridgehead atoms. The molecule has 0 radical (unpaired) electrons. The SMILES string of the molecule is NC1CC2CCCC(C1)C2NC(=O)COc1ccc(Cl)cc1Cl. The highest BCUT2D eigenvalue weighted by atomic mass is 35.5. The number of nitrogens with one attached hydrogen (secondary N) is 1. The zero-order valence-electron chi connectivity index (χ0n) is 12.9. The summed E-state index contributed by atoms with van der Waals surface area (Å²) >= 11 is 11.9. The first-order chi connectivity index (χ1) is 11.0. The molecule has 0 aromatic heterocycles. The smallest absolute Gasteiger partial charge is 0.258 e. The number of benzene rings is 1. The lowest BCUT2D eigenvalue weighted by molar-refractivity contribution is -0.125. The minimum Gasteiger partial charge on any atom is -0.482 e. The zero-order chi connectivity index (χ0) is 16.4. The third-order valence-corrected chi connectivity index (χ3v) is 5.49. The van der Waals surface area contributed by atoms with Gasteiger partial charge in [-0.1, -0.05) is 29.6 Å². The molecular formula is C17H22Cl2N2O2. The van der Waals surface area contributed by atoms with Crippen LogP contribution in [0.1, 0.15) is 32.1 Å². The van der Waals surface area contributed by atoms with Gasteiger partial charge in [0, 0.05) is 17.1 Å². The van der Waals surface area contributed by atoms with E-state index < -0.39 is 0 Å². The number of rotatable bonds is 4. The molecule has 2 saturated carbocycles. The highest BCUT2D eigenvalue weighted by molar-refractivity contribution is 6.35. The number of hydrogen-bond acceptors (Lipinski definition) is 3. The van der Waals surface area contributed by atoms with E-state index in [4.69, 9.17) is 33.7 Å². The van der Waals surface area contributed by atoms with Crippen molar-refractivity contribution in [2.45, 2.75) is 44.2 Å². The zero-order valence-corrected chi connectivity index (χ0v) is 14.4. The number of hydrogen-bond donors (Lipinski definition) is 2. The van der Waals surface area contributed by atoms with E-state index in [-0.39, 0.29) is 24.6 Å². The molecule has 0 spiro atoms. The molecule has 1 aromatic carbocycles. The average molecular weight is 357 g/mol. The van der Waals surface area contributed by atoms with Gasteiger partial charge in [0.2, 0.25) is 0 Å². The maximum absolute atomic E-state index is 12.2. The van der Waals surface area contributed by atoms with Crippen LogP contribution in [0.4, 0.5) is 0 Å². The van der Waals surface area contributed by atoms with Gasteiger partial charge in [0.1, 0.15) is 5.75 Å². The van der Waals surface area contributed by atoms with Crippen LogP contribution in [0.15, 0.2) is 18.2 Å². The summed E-state index contributed by atoms with van der Waals surface area (Å²) in [7, 11) is 0. The largest absolute Gasteiger partial charge is 0.482 e. The molecule has 3 rings (SSSR count). The molecule has 2 fully saturated rings. The first kappa shape index (κ1) is 16.9. The minimum absolute atomic E-state index is 0.0383. The van der Waals surface area contributed by atoms with Crippen LogP contribution < -0.4 is 15.8 Å². The summed E-state index contributed by atoms with van der Waals surface area (Å²) in [5, 5.41) is 4.10. The predicted molar refractivity (Wildman–Crippen MR) is 91.9 cm³/mol. The van der Waals surface area contributed by atoms with E-state index in [1.54, 1.807) is 18.2 Å². The van der Waals surface area contributed by atoms with Crippen molar-refractivity contribution in [1.82, 2.24) is 5.32 Å². The van der Waals surface area contributed by atoms with Gasteiger partial charge in [-0.25, -0.2) is 0 Å². The second kappa shape index (κ2) is 7.29. The molecule has 0 heterocycles. The van der Waals surface area contributed by atoms with Crippen LogP contribution in [-0.2, 0) is 4.79 Å². The van der Waals surface area contributed by atoms with Crippen molar-refractivity contribution in [1.29, 1.82) is 0 Å². The first-order valence-electron chi connectivity index (χ1n) is 8.15. The van der Waals surface area contributed by atoms with Crippen LogP contribution in [0, 0.1) is 11.8 Å². The van der Waals surface area contributed by atoms with Gasteiger partial charge in [-0.05, 0) is 55.7 Å². The van der Waals surface area contributed by atoms with Gasteiger partial charge in [0.05, 0.1) is 5.02 Å². The lowest BCUT2D eigenvalue weighted by atomic mass is 9.67. The van der Waals surface area contributed by atoms with Crippen LogP contribution in [0.3, 0.4) is 0 Å². The van der Waals surface area contributed by atoms with E-state index >= 15 is 0 Å². The molecule has 2 unspecified atom stereocenters. The highest BCUT2D eigenvalue weighted by Gasteiger charge is 2.39. The summed E-state index contributed by atoms with van der Waals surface area (Å²) < 4.78 is 5.51. The summed E-state index contributed by atoms with van der Waals surface area (Å²) in [6.07, 6.45) is 5.56. The van der Waals surface area contributed by atoms with Gasteiger partial charge in [0.25, 0.3) is 5.91 Å². The molecule has 6 heteroatoms.